The molecule has 2 N–H and O–H groups in total. The molecule has 1 heterocycles. The standard InChI is InChI=1S/C15H28N2O/c1-10(12-3-4-12)17-8-13(11(2)18)7-15(9-17)16-14-5-6-14/h10-16,18H,3-9H2,1-2H3. The number of hydrogen-bond acceptors (Lipinski definition) is 3. The molecule has 0 spiro atoms. The smallest absolute Gasteiger partial charge is 0.0553 e. The van der Waals surface area contributed by atoms with Gasteiger partial charge < -0.3 is 10.4 Å². The predicted octanol–water partition coefficient (Wildman–Crippen LogP) is 1.61. The summed E-state index contributed by atoms with van der Waals surface area (Å²) in [6.45, 7) is 6.63. The highest BCUT2D eigenvalue weighted by Gasteiger charge is 2.38. The normalized spacial score (nSPS) is 37.5. The minimum atomic E-state index is -0.164. The fourth-order valence-corrected chi connectivity index (χ4v) is 3.44. The average molecular weight is 252 g/mol. The number of aliphatic hydroxyl groups is 1. The van der Waals surface area contributed by atoms with Gasteiger partial charge in [-0.05, 0) is 57.8 Å². The Balaban J connectivity index is 1.61. The van der Waals surface area contributed by atoms with Crippen molar-refractivity contribution in [1.82, 2.24) is 10.2 Å². The first-order chi connectivity index (χ1) is 8.63. The molecule has 2 saturated carbocycles. The maximum atomic E-state index is 9.94. The number of piperidine rings is 1. The zero-order valence-electron chi connectivity index (χ0n) is 11.8. The summed E-state index contributed by atoms with van der Waals surface area (Å²) < 4.78 is 0. The number of nitrogens with one attached hydrogen (secondary N) is 1. The molecule has 3 fully saturated rings. The molecule has 1 saturated heterocycles. The van der Waals surface area contributed by atoms with Gasteiger partial charge in [-0.15, -0.1) is 0 Å². The summed E-state index contributed by atoms with van der Waals surface area (Å²) in [7, 11) is 0. The fraction of sp³-hybridized carbons (Fsp3) is 1.00. The van der Waals surface area contributed by atoms with Crippen molar-refractivity contribution in [3.63, 3.8) is 0 Å². The number of rotatable bonds is 5. The summed E-state index contributed by atoms with van der Waals surface area (Å²) in [6.07, 6.45) is 6.53. The number of hydrogen-bond donors (Lipinski definition) is 2. The summed E-state index contributed by atoms with van der Waals surface area (Å²) in [5, 5.41) is 13.7. The molecule has 4 unspecified atom stereocenters. The molecular weight excluding hydrogens is 224 g/mol. The van der Waals surface area contributed by atoms with Crippen LogP contribution in [0.15, 0.2) is 0 Å². The zero-order valence-corrected chi connectivity index (χ0v) is 11.8. The van der Waals surface area contributed by atoms with Crippen LogP contribution in [0, 0.1) is 11.8 Å². The lowest BCUT2D eigenvalue weighted by Crippen LogP contribution is -2.54. The van der Waals surface area contributed by atoms with Gasteiger partial charge in [0.2, 0.25) is 0 Å². The Morgan fingerprint density at radius 3 is 2.28 bits per heavy atom. The molecule has 2 aliphatic carbocycles. The third kappa shape index (κ3) is 3.06. The SMILES string of the molecule is CC(O)C1CC(NC2CC2)CN(C(C)C2CC2)C1. The zero-order chi connectivity index (χ0) is 12.7. The van der Waals surface area contributed by atoms with Gasteiger partial charge in [-0.1, -0.05) is 0 Å². The van der Waals surface area contributed by atoms with Crippen LogP contribution >= 0.6 is 0 Å². The summed E-state index contributed by atoms with van der Waals surface area (Å²) in [4.78, 5) is 2.64. The second-order valence-electron chi connectivity index (χ2n) is 6.91. The van der Waals surface area contributed by atoms with E-state index in [0.29, 0.717) is 12.0 Å². The van der Waals surface area contributed by atoms with Crippen molar-refractivity contribution < 1.29 is 5.11 Å². The highest BCUT2D eigenvalue weighted by molar-refractivity contribution is 4.95. The van der Waals surface area contributed by atoms with Gasteiger partial charge in [0.15, 0.2) is 0 Å². The molecular formula is C15H28N2O. The number of likely N-dealkylation sites (tertiary alicyclic amines) is 1. The highest BCUT2D eigenvalue weighted by atomic mass is 16.3. The van der Waals surface area contributed by atoms with E-state index in [-0.39, 0.29) is 6.10 Å². The van der Waals surface area contributed by atoms with Crippen molar-refractivity contribution in [1.29, 1.82) is 0 Å². The van der Waals surface area contributed by atoms with Gasteiger partial charge in [0, 0.05) is 31.2 Å². The van der Waals surface area contributed by atoms with Crippen molar-refractivity contribution >= 4 is 0 Å². The predicted molar refractivity (Wildman–Crippen MR) is 73.5 cm³/mol. The molecule has 1 aliphatic heterocycles. The van der Waals surface area contributed by atoms with E-state index in [1.54, 1.807) is 0 Å². The van der Waals surface area contributed by atoms with Crippen molar-refractivity contribution in [2.24, 2.45) is 11.8 Å². The largest absolute Gasteiger partial charge is 0.393 e. The van der Waals surface area contributed by atoms with Crippen LogP contribution < -0.4 is 5.32 Å². The molecule has 104 valence electrons. The van der Waals surface area contributed by atoms with Crippen molar-refractivity contribution in [2.45, 2.75) is 70.2 Å². The Morgan fingerprint density at radius 2 is 1.72 bits per heavy atom. The lowest BCUT2D eigenvalue weighted by atomic mass is 9.89. The van der Waals surface area contributed by atoms with Crippen molar-refractivity contribution in [3.8, 4) is 0 Å². The van der Waals surface area contributed by atoms with Crippen LogP contribution in [-0.2, 0) is 0 Å². The van der Waals surface area contributed by atoms with Crippen LogP contribution in [0.1, 0.15) is 46.0 Å². The second-order valence-corrected chi connectivity index (χ2v) is 6.91. The molecule has 0 aromatic heterocycles. The first kappa shape index (κ1) is 12.9. The molecule has 4 atom stereocenters. The molecule has 3 rings (SSSR count). The van der Waals surface area contributed by atoms with Gasteiger partial charge in [0.05, 0.1) is 6.10 Å². The Bertz CT molecular complexity index is 286. The van der Waals surface area contributed by atoms with Gasteiger partial charge in [0.25, 0.3) is 0 Å². The molecule has 0 aromatic rings. The molecule has 18 heavy (non-hydrogen) atoms. The van der Waals surface area contributed by atoms with Gasteiger partial charge in [0.1, 0.15) is 0 Å². The molecule has 0 bridgehead atoms. The third-order valence-electron chi connectivity index (χ3n) is 5.12. The molecule has 3 heteroatoms. The molecule has 0 amide bonds. The monoisotopic (exact) mass is 252 g/mol. The minimum absolute atomic E-state index is 0.164. The summed E-state index contributed by atoms with van der Waals surface area (Å²) in [6, 6.07) is 2.10. The Labute approximate surface area is 111 Å². The summed E-state index contributed by atoms with van der Waals surface area (Å²) >= 11 is 0. The van der Waals surface area contributed by atoms with Crippen LogP contribution in [0.3, 0.4) is 0 Å². The van der Waals surface area contributed by atoms with E-state index < -0.39 is 0 Å². The van der Waals surface area contributed by atoms with Gasteiger partial charge in [-0.25, -0.2) is 0 Å². The van der Waals surface area contributed by atoms with E-state index >= 15 is 0 Å². The Morgan fingerprint density at radius 1 is 1.00 bits per heavy atom. The highest BCUT2D eigenvalue weighted by Crippen LogP contribution is 2.37. The second kappa shape index (κ2) is 5.10. The lowest BCUT2D eigenvalue weighted by Gasteiger charge is -2.42. The maximum Gasteiger partial charge on any atom is 0.0553 e. The topological polar surface area (TPSA) is 35.5 Å². The average Bonchev–Trinajstić information content (AvgIpc) is 3.20. The molecule has 3 nitrogen and oxygen atoms in total. The maximum absolute atomic E-state index is 9.94. The van der Waals surface area contributed by atoms with E-state index in [4.69, 9.17) is 0 Å². The lowest BCUT2D eigenvalue weighted by molar-refractivity contribution is 0.0277. The van der Waals surface area contributed by atoms with Crippen LogP contribution in [-0.4, -0.2) is 47.3 Å². The number of nitrogens with zero attached hydrogens (tertiary/aromatic N) is 1. The van der Waals surface area contributed by atoms with Gasteiger partial charge in [-0.2, -0.15) is 0 Å². The molecule has 0 aromatic carbocycles. The van der Waals surface area contributed by atoms with Gasteiger partial charge >= 0.3 is 0 Å². The quantitative estimate of drug-likeness (QED) is 0.780. The first-order valence-electron chi connectivity index (χ1n) is 7.81. The third-order valence-corrected chi connectivity index (χ3v) is 5.12. The van der Waals surface area contributed by atoms with E-state index in [9.17, 15) is 5.11 Å². The van der Waals surface area contributed by atoms with E-state index in [1.807, 2.05) is 6.92 Å². The first-order valence-corrected chi connectivity index (χ1v) is 7.81. The minimum Gasteiger partial charge on any atom is -0.393 e. The number of aliphatic hydroxyl groups excluding tert-OH is 1. The Hall–Kier alpha value is -0.120. The summed E-state index contributed by atoms with van der Waals surface area (Å²) in [5.41, 5.74) is 0. The van der Waals surface area contributed by atoms with Gasteiger partial charge in [-0.3, -0.25) is 4.90 Å². The van der Waals surface area contributed by atoms with Crippen molar-refractivity contribution in [2.75, 3.05) is 13.1 Å². The van der Waals surface area contributed by atoms with E-state index in [0.717, 1.165) is 31.0 Å². The van der Waals surface area contributed by atoms with Crippen LogP contribution in [0.5, 0.6) is 0 Å². The molecule has 0 radical (unpaired) electrons. The molecule has 3 aliphatic rings. The fourth-order valence-electron chi connectivity index (χ4n) is 3.44. The van der Waals surface area contributed by atoms with Crippen molar-refractivity contribution in [3.05, 3.63) is 0 Å². The van der Waals surface area contributed by atoms with Crippen LogP contribution in [0.4, 0.5) is 0 Å². The van der Waals surface area contributed by atoms with E-state index in [1.165, 1.54) is 32.2 Å². The van der Waals surface area contributed by atoms with E-state index in [2.05, 4.69) is 17.1 Å². The van der Waals surface area contributed by atoms with Crippen LogP contribution in [0.2, 0.25) is 0 Å². The van der Waals surface area contributed by atoms with Crippen LogP contribution in [0.25, 0.3) is 0 Å². The Kier molecular flexibility index (Phi) is 3.65. The summed E-state index contributed by atoms with van der Waals surface area (Å²) in [5.74, 6) is 1.38.